The number of carboxylic acid groups (broad SMARTS) is 1. The standard InChI is InChI=1S/C7H11N3O3/c8-2-1-4(9)6-5(7(11)12)10-3-13-6/h3-4H,1-2,8-9H2,(H,11,12)/t4-/m0/s1. The Morgan fingerprint density at radius 1 is 1.77 bits per heavy atom. The second-order valence-electron chi connectivity index (χ2n) is 2.55. The van der Waals surface area contributed by atoms with Crippen molar-refractivity contribution in [2.24, 2.45) is 11.5 Å². The fourth-order valence-electron chi connectivity index (χ4n) is 0.990. The summed E-state index contributed by atoms with van der Waals surface area (Å²) >= 11 is 0. The Balaban J connectivity index is 2.86. The Bertz CT molecular complexity index is 297. The number of hydrogen-bond donors (Lipinski definition) is 3. The van der Waals surface area contributed by atoms with E-state index >= 15 is 0 Å². The minimum atomic E-state index is -1.14. The average molecular weight is 185 g/mol. The summed E-state index contributed by atoms with van der Waals surface area (Å²) in [7, 11) is 0. The number of aromatic carboxylic acids is 1. The van der Waals surface area contributed by atoms with Crippen molar-refractivity contribution in [3.05, 3.63) is 17.8 Å². The van der Waals surface area contributed by atoms with Crippen molar-refractivity contribution in [2.45, 2.75) is 12.5 Å². The number of carboxylic acids is 1. The van der Waals surface area contributed by atoms with Gasteiger partial charge >= 0.3 is 5.97 Å². The van der Waals surface area contributed by atoms with Gasteiger partial charge in [0.15, 0.2) is 17.8 Å². The van der Waals surface area contributed by atoms with Gasteiger partial charge in [0.2, 0.25) is 0 Å². The minimum absolute atomic E-state index is 0.138. The molecule has 6 nitrogen and oxygen atoms in total. The van der Waals surface area contributed by atoms with Crippen LogP contribution < -0.4 is 11.5 Å². The Morgan fingerprint density at radius 3 is 3.00 bits per heavy atom. The third kappa shape index (κ3) is 2.04. The molecule has 0 aliphatic heterocycles. The van der Waals surface area contributed by atoms with Crippen LogP contribution in [0.3, 0.4) is 0 Å². The quantitative estimate of drug-likeness (QED) is 0.594. The lowest BCUT2D eigenvalue weighted by Crippen LogP contribution is -2.17. The van der Waals surface area contributed by atoms with Gasteiger partial charge in [-0.05, 0) is 13.0 Å². The molecule has 0 aromatic carbocycles. The smallest absolute Gasteiger partial charge is 0.358 e. The van der Waals surface area contributed by atoms with Crippen LogP contribution in [0.5, 0.6) is 0 Å². The molecule has 1 rings (SSSR count). The predicted octanol–water partition coefficient (Wildman–Crippen LogP) is -0.279. The fraction of sp³-hybridized carbons (Fsp3) is 0.429. The topological polar surface area (TPSA) is 115 Å². The van der Waals surface area contributed by atoms with Crippen LogP contribution in [-0.4, -0.2) is 22.6 Å². The summed E-state index contributed by atoms with van der Waals surface area (Å²) in [6.45, 7) is 0.376. The third-order valence-corrected chi connectivity index (χ3v) is 1.61. The largest absolute Gasteiger partial charge is 0.476 e. The van der Waals surface area contributed by atoms with Crippen LogP contribution in [0, 0.1) is 0 Å². The van der Waals surface area contributed by atoms with E-state index in [1.807, 2.05) is 0 Å². The number of rotatable bonds is 4. The van der Waals surface area contributed by atoms with E-state index in [-0.39, 0.29) is 11.5 Å². The molecular formula is C7H11N3O3. The van der Waals surface area contributed by atoms with E-state index in [0.29, 0.717) is 13.0 Å². The maximum absolute atomic E-state index is 10.6. The first-order valence-corrected chi connectivity index (χ1v) is 3.79. The highest BCUT2D eigenvalue weighted by Crippen LogP contribution is 2.17. The summed E-state index contributed by atoms with van der Waals surface area (Å²) in [4.78, 5) is 14.1. The molecule has 72 valence electrons. The molecule has 0 radical (unpaired) electrons. The van der Waals surface area contributed by atoms with Crippen molar-refractivity contribution >= 4 is 5.97 Å². The second-order valence-corrected chi connectivity index (χ2v) is 2.55. The summed E-state index contributed by atoms with van der Waals surface area (Å²) in [5.41, 5.74) is 10.7. The maximum atomic E-state index is 10.6. The summed E-state index contributed by atoms with van der Waals surface area (Å²) in [6.07, 6.45) is 1.53. The van der Waals surface area contributed by atoms with Crippen LogP contribution in [0.4, 0.5) is 0 Å². The van der Waals surface area contributed by atoms with Crippen LogP contribution in [-0.2, 0) is 0 Å². The van der Waals surface area contributed by atoms with Gasteiger partial charge in [-0.3, -0.25) is 0 Å². The number of carbonyl (C=O) groups is 1. The summed E-state index contributed by atoms with van der Waals surface area (Å²) in [5.74, 6) is -0.964. The van der Waals surface area contributed by atoms with E-state index in [2.05, 4.69) is 4.98 Å². The zero-order chi connectivity index (χ0) is 9.84. The number of nitrogens with zero attached hydrogens (tertiary/aromatic N) is 1. The Morgan fingerprint density at radius 2 is 2.46 bits per heavy atom. The summed E-state index contributed by atoms with van der Waals surface area (Å²) in [5, 5.41) is 8.66. The van der Waals surface area contributed by atoms with Crippen LogP contribution >= 0.6 is 0 Å². The molecule has 0 aliphatic carbocycles. The van der Waals surface area contributed by atoms with Crippen molar-refractivity contribution in [1.29, 1.82) is 0 Å². The lowest BCUT2D eigenvalue weighted by Gasteiger charge is -2.06. The highest BCUT2D eigenvalue weighted by molar-refractivity contribution is 5.86. The first-order chi connectivity index (χ1) is 6.16. The van der Waals surface area contributed by atoms with Crippen LogP contribution in [0.2, 0.25) is 0 Å². The molecule has 0 spiro atoms. The molecule has 0 aliphatic rings. The molecule has 1 aromatic rings. The van der Waals surface area contributed by atoms with Crippen LogP contribution in [0.15, 0.2) is 10.8 Å². The van der Waals surface area contributed by atoms with E-state index in [4.69, 9.17) is 21.0 Å². The first-order valence-electron chi connectivity index (χ1n) is 3.79. The zero-order valence-corrected chi connectivity index (χ0v) is 6.93. The Labute approximate surface area is 74.5 Å². The first kappa shape index (κ1) is 9.69. The molecule has 1 aromatic heterocycles. The fourth-order valence-corrected chi connectivity index (χ4v) is 0.990. The van der Waals surface area contributed by atoms with Gasteiger partial charge < -0.3 is 21.0 Å². The Kier molecular flexibility index (Phi) is 2.99. The lowest BCUT2D eigenvalue weighted by atomic mass is 10.1. The lowest BCUT2D eigenvalue weighted by molar-refractivity contribution is 0.0688. The molecule has 13 heavy (non-hydrogen) atoms. The highest BCUT2D eigenvalue weighted by atomic mass is 16.4. The zero-order valence-electron chi connectivity index (χ0n) is 6.93. The average Bonchev–Trinajstić information content (AvgIpc) is 2.52. The maximum Gasteiger partial charge on any atom is 0.358 e. The minimum Gasteiger partial charge on any atom is -0.476 e. The van der Waals surface area contributed by atoms with Gasteiger partial charge in [-0.1, -0.05) is 0 Å². The highest BCUT2D eigenvalue weighted by Gasteiger charge is 2.20. The monoisotopic (exact) mass is 185 g/mol. The van der Waals surface area contributed by atoms with Gasteiger partial charge in [-0.25, -0.2) is 9.78 Å². The number of hydrogen-bond acceptors (Lipinski definition) is 5. The molecular weight excluding hydrogens is 174 g/mol. The van der Waals surface area contributed by atoms with Crippen LogP contribution in [0.25, 0.3) is 0 Å². The number of oxazole rings is 1. The van der Waals surface area contributed by atoms with Gasteiger partial charge in [-0.15, -0.1) is 0 Å². The molecule has 5 N–H and O–H groups in total. The van der Waals surface area contributed by atoms with Gasteiger partial charge in [0, 0.05) is 0 Å². The van der Waals surface area contributed by atoms with E-state index in [1.165, 1.54) is 0 Å². The van der Waals surface area contributed by atoms with E-state index in [0.717, 1.165) is 6.39 Å². The molecule has 0 fully saturated rings. The molecule has 0 amide bonds. The SMILES string of the molecule is NCC[C@H](N)c1ocnc1C(=O)O. The van der Waals surface area contributed by atoms with Crippen molar-refractivity contribution in [3.8, 4) is 0 Å². The van der Waals surface area contributed by atoms with Gasteiger partial charge in [0.1, 0.15) is 0 Å². The van der Waals surface area contributed by atoms with Gasteiger partial charge in [0.25, 0.3) is 0 Å². The van der Waals surface area contributed by atoms with Gasteiger partial charge in [-0.2, -0.15) is 0 Å². The Hall–Kier alpha value is -1.40. The molecule has 1 atom stereocenters. The van der Waals surface area contributed by atoms with Gasteiger partial charge in [0.05, 0.1) is 6.04 Å². The molecule has 1 heterocycles. The molecule has 6 heteroatoms. The van der Waals surface area contributed by atoms with Crippen molar-refractivity contribution in [3.63, 3.8) is 0 Å². The van der Waals surface area contributed by atoms with E-state index in [9.17, 15) is 4.79 Å². The molecule has 0 saturated heterocycles. The predicted molar refractivity (Wildman–Crippen MR) is 44.1 cm³/mol. The van der Waals surface area contributed by atoms with Crippen LogP contribution in [0.1, 0.15) is 28.7 Å². The summed E-state index contributed by atoms with van der Waals surface area (Å²) in [6, 6.07) is -0.501. The normalized spacial score (nSPS) is 12.8. The molecule has 0 bridgehead atoms. The second kappa shape index (κ2) is 4.01. The molecule has 0 unspecified atom stereocenters. The van der Waals surface area contributed by atoms with Crippen molar-refractivity contribution in [2.75, 3.05) is 6.54 Å². The van der Waals surface area contributed by atoms with Crippen molar-refractivity contribution in [1.82, 2.24) is 4.98 Å². The van der Waals surface area contributed by atoms with E-state index in [1.54, 1.807) is 0 Å². The number of aromatic nitrogens is 1. The third-order valence-electron chi connectivity index (χ3n) is 1.61. The van der Waals surface area contributed by atoms with Crippen molar-refractivity contribution < 1.29 is 14.3 Å². The van der Waals surface area contributed by atoms with E-state index < -0.39 is 12.0 Å². The molecule has 0 saturated carbocycles. The summed E-state index contributed by atoms with van der Waals surface area (Å²) < 4.78 is 4.87. The number of nitrogens with two attached hydrogens (primary N) is 2.